The van der Waals surface area contributed by atoms with Crippen molar-refractivity contribution in [2.24, 2.45) is 0 Å². The van der Waals surface area contributed by atoms with Gasteiger partial charge in [0.25, 0.3) is 11.8 Å². The molecule has 1 N–H and O–H groups in total. The highest BCUT2D eigenvalue weighted by molar-refractivity contribution is 7.11. The van der Waals surface area contributed by atoms with E-state index in [1.165, 1.54) is 16.2 Å². The maximum Gasteiger partial charge on any atom is 0.282 e. The van der Waals surface area contributed by atoms with Gasteiger partial charge in [-0.1, -0.05) is 31.2 Å². The average molecular weight is 449 g/mol. The summed E-state index contributed by atoms with van der Waals surface area (Å²) in [5, 5.41) is 5.06. The Morgan fingerprint density at radius 2 is 1.78 bits per heavy atom. The lowest BCUT2D eigenvalue weighted by atomic mass is 10.1. The lowest BCUT2D eigenvalue weighted by molar-refractivity contribution is -0.120. The summed E-state index contributed by atoms with van der Waals surface area (Å²) in [6, 6.07) is 18.1. The van der Waals surface area contributed by atoms with Gasteiger partial charge in [-0.25, -0.2) is 4.90 Å². The standard InChI is InChI=1S/C25H24N2O4S/c1-3-14-31-18-10-7-9-17(16-18)27-24(28)22(21-13-8-15-32-21)23(25(27)29)26-19-11-5-6-12-20(19)30-4-2/h5-13,15-16,26H,3-4,14H2,1-2H3. The zero-order chi connectivity index (χ0) is 22.5. The summed E-state index contributed by atoms with van der Waals surface area (Å²) in [7, 11) is 0. The van der Waals surface area contributed by atoms with Crippen molar-refractivity contribution in [2.45, 2.75) is 20.3 Å². The zero-order valence-corrected chi connectivity index (χ0v) is 18.8. The Labute approximate surface area is 191 Å². The summed E-state index contributed by atoms with van der Waals surface area (Å²) in [5.41, 5.74) is 1.67. The Kier molecular flexibility index (Phi) is 6.56. The first-order chi connectivity index (χ1) is 15.6. The van der Waals surface area contributed by atoms with Crippen LogP contribution in [-0.2, 0) is 9.59 Å². The van der Waals surface area contributed by atoms with Gasteiger partial charge in [0.05, 0.1) is 30.2 Å². The van der Waals surface area contributed by atoms with Gasteiger partial charge in [-0.2, -0.15) is 0 Å². The van der Waals surface area contributed by atoms with Crippen molar-refractivity contribution < 1.29 is 19.1 Å². The van der Waals surface area contributed by atoms with Crippen LogP contribution >= 0.6 is 11.3 Å². The second kappa shape index (κ2) is 9.70. The first-order valence-electron chi connectivity index (χ1n) is 10.5. The minimum atomic E-state index is -0.419. The van der Waals surface area contributed by atoms with E-state index in [4.69, 9.17) is 9.47 Å². The monoisotopic (exact) mass is 448 g/mol. The minimum Gasteiger partial charge on any atom is -0.494 e. The number of nitrogens with one attached hydrogen (secondary N) is 1. The van der Waals surface area contributed by atoms with E-state index in [0.717, 1.165) is 11.3 Å². The molecule has 6 nitrogen and oxygen atoms in total. The van der Waals surface area contributed by atoms with E-state index in [1.807, 2.05) is 61.7 Å². The fourth-order valence-electron chi connectivity index (χ4n) is 3.45. The molecule has 1 aromatic heterocycles. The van der Waals surface area contributed by atoms with Gasteiger partial charge < -0.3 is 14.8 Å². The van der Waals surface area contributed by atoms with Crippen LogP contribution in [0.2, 0.25) is 0 Å². The molecule has 0 atom stereocenters. The summed E-state index contributed by atoms with van der Waals surface area (Å²) in [4.78, 5) is 28.9. The molecule has 0 unspecified atom stereocenters. The van der Waals surface area contributed by atoms with E-state index in [0.29, 0.717) is 41.7 Å². The van der Waals surface area contributed by atoms with E-state index in [1.54, 1.807) is 18.2 Å². The second-order valence-electron chi connectivity index (χ2n) is 7.07. The van der Waals surface area contributed by atoms with E-state index < -0.39 is 5.91 Å². The molecule has 3 aromatic rings. The van der Waals surface area contributed by atoms with E-state index in [-0.39, 0.29) is 11.6 Å². The lowest BCUT2D eigenvalue weighted by Gasteiger charge is -2.17. The van der Waals surface area contributed by atoms with Gasteiger partial charge in [0.1, 0.15) is 17.2 Å². The molecule has 164 valence electrons. The van der Waals surface area contributed by atoms with Crippen molar-refractivity contribution in [3.05, 3.63) is 76.6 Å². The molecule has 2 amide bonds. The molecule has 0 spiro atoms. The van der Waals surface area contributed by atoms with Crippen LogP contribution < -0.4 is 19.7 Å². The van der Waals surface area contributed by atoms with Crippen molar-refractivity contribution in [2.75, 3.05) is 23.4 Å². The number of para-hydroxylation sites is 2. The van der Waals surface area contributed by atoms with Gasteiger partial charge in [0.15, 0.2) is 0 Å². The summed E-state index contributed by atoms with van der Waals surface area (Å²) >= 11 is 1.41. The molecule has 1 aliphatic heterocycles. The van der Waals surface area contributed by atoms with Crippen LogP contribution in [0, 0.1) is 0 Å². The molecule has 1 aliphatic rings. The highest BCUT2D eigenvalue weighted by Crippen LogP contribution is 2.37. The molecule has 2 heterocycles. The number of rotatable bonds is 9. The van der Waals surface area contributed by atoms with Crippen molar-refractivity contribution in [1.29, 1.82) is 0 Å². The predicted octanol–water partition coefficient (Wildman–Crippen LogP) is 5.33. The zero-order valence-electron chi connectivity index (χ0n) is 18.0. The molecule has 0 radical (unpaired) electrons. The maximum atomic E-state index is 13.5. The van der Waals surface area contributed by atoms with Crippen LogP contribution in [0.25, 0.3) is 5.57 Å². The Morgan fingerprint density at radius 1 is 0.938 bits per heavy atom. The van der Waals surface area contributed by atoms with Crippen molar-refractivity contribution in [3.8, 4) is 11.5 Å². The number of carbonyl (C=O) groups is 2. The van der Waals surface area contributed by atoms with Crippen LogP contribution in [0.15, 0.2) is 71.7 Å². The molecule has 4 rings (SSSR count). The molecule has 0 fully saturated rings. The number of amides is 2. The molecule has 0 aliphatic carbocycles. The van der Waals surface area contributed by atoms with E-state index >= 15 is 0 Å². The number of hydrogen-bond acceptors (Lipinski definition) is 6. The second-order valence-corrected chi connectivity index (χ2v) is 8.02. The molecule has 7 heteroatoms. The van der Waals surface area contributed by atoms with Gasteiger partial charge in [-0.3, -0.25) is 9.59 Å². The first kappa shape index (κ1) is 21.6. The Bertz CT molecular complexity index is 1150. The number of benzene rings is 2. The highest BCUT2D eigenvalue weighted by atomic mass is 32.1. The van der Waals surface area contributed by atoms with Crippen LogP contribution in [0.1, 0.15) is 25.1 Å². The Hall–Kier alpha value is -3.58. The molecular weight excluding hydrogens is 424 g/mol. The smallest absolute Gasteiger partial charge is 0.282 e. The number of nitrogens with zero attached hydrogens (tertiary/aromatic N) is 1. The number of anilines is 2. The topological polar surface area (TPSA) is 67.9 Å². The molecule has 0 saturated heterocycles. The van der Waals surface area contributed by atoms with Gasteiger partial charge in [0, 0.05) is 10.9 Å². The van der Waals surface area contributed by atoms with Crippen LogP contribution in [0.4, 0.5) is 11.4 Å². The summed E-state index contributed by atoms with van der Waals surface area (Å²) in [6.45, 7) is 4.96. The Balaban J connectivity index is 1.74. The minimum absolute atomic E-state index is 0.226. The number of imide groups is 1. The normalized spacial score (nSPS) is 13.6. The van der Waals surface area contributed by atoms with Crippen molar-refractivity contribution in [1.82, 2.24) is 0 Å². The molecule has 0 saturated carbocycles. The van der Waals surface area contributed by atoms with E-state index in [9.17, 15) is 9.59 Å². The number of hydrogen-bond donors (Lipinski definition) is 1. The number of thiophene rings is 1. The third kappa shape index (κ3) is 4.24. The quantitative estimate of drug-likeness (QED) is 0.448. The third-order valence-corrected chi connectivity index (χ3v) is 5.73. The third-order valence-electron chi connectivity index (χ3n) is 4.85. The first-order valence-corrected chi connectivity index (χ1v) is 11.4. The fraction of sp³-hybridized carbons (Fsp3) is 0.200. The highest BCUT2D eigenvalue weighted by Gasteiger charge is 2.41. The predicted molar refractivity (Wildman–Crippen MR) is 127 cm³/mol. The molecule has 0 bridgehead atoms. The summed E-state index contributed by atoms with van der Waals surface area (Å²) < 4.78 is 11.4. The number of carbonyl (C=O) groups excluding carboxylic acids is 2. The van der Waals surface area contributed by atoms with E-state index in [2.05, 4.69) is 5.32 Å². The van der Waals surface area contributed by atoms with Crippen LogP contribution in [0.3, 0.4) is 0 Å². The Morgan fingerprint density at radius 3 is 2.53 bits per heavy atom. The summed E-state index contributed by atoms with van der Waals surface area (Å²) in [6.07, 6.45) is 0.864. The lowest BCUT2D eigenvalue weighted by Crippen LogP contribution is -2.32. The summed E-state index contributed by atoms with van der Waals surface area (Å²) in [5.74, 6) is 0.436. The van der Waals surface area contributed by atoms with Gasteiger partial charge in [-0.05, 0) is 49.1 Å². The van der Waals surface area contributed by atoms with Gasteiger partial charge >= 0.3 is 0 Å². The van der Waals surface area contributed by atoms with Gasteiger partial charge in [0.2, 0.25) is 0 Å². The SMILES string of the molecule is CCCOc1cccc(N2C(=O)C(Nc3ccccc3OCC)=C(c3cccs3)C2=O)c1. The van der Waals surface area contributed by atoms with Crippen LogP contribution in [0.5, 0.6) is 11.5 Å². The molecular formula is C25H24N2O4S. The average Bonchev–Trinajstić information content (AvgIpc) is 3.40. The molecule has 32 heavy (non-hydrogen) atoms. The van der Waals surface area contributed by atoms with Crippen molar-refractivity contribution in [3.63, 3.8) is 0 Å². The van der Waals surface area contributed by atoms with Crippen molar-refractivity contribution >= 4 is 40.1 Å². The number of ether oxygens (including phenoxy) is 2. The van der Waals surface area contributed by atoms with Crippen LogP contribution in [-0.4, -0.2) is 25.0 Å². The van der Waals surface area contributed by atoms with Gasteiger partial charge in [-0.15, -0.1) is 11.3 Å². The largest absolute Gasteiger partial charge is 0.494 e. The maximum absolute atomic E-state index is 13.5. The fourth-order valence-corrected chi connectivity index (χ4v) is 4.22. The molecule has 2 aromatic carbocycles.